The largest absolute Gasteiger partial charge is 0.480 e. The molecule has 7 heteroatoms. The summed E-state index contributed by atoms with van der Waals surface area (Å²) in [5, 5.41) is 9.14. The van der Waals surface area contributed by atoms with E-state index in [4.69, 9.17) is 34.7 Å². The number of carbonyl (C=O) groups is 2. The van der Waals surface area contributed by atoms with Crippen LogP contribution in [0.4, 0.5) is 0 Å². The van der Waals surface area contributed by atoms with Gasteiger partial charge in [-0.15, -0.1) is 6.42 Å². The van der Waals surface area contributed by atoms with E-state index in [-0.39, 0.29) is 22.4 Å². The SMILES string of the molecule is C#CCN(CC(=O)O)C(=O)c1cc(Cl)c(Cl)n1C. The number of halogens is 2. The summed E-state index contributed by atoms with van der Waals surface area (Å²) in [6, 6.07) is 1.37. The van der Waals surface area contributed by atoms with Crippen molar-refractivity contribution in [3.63, 3.8) is 0 Å². The Kier molecular flexibility index (Phi) is 4.65. The van der Waals surface area contributed by atoms with E-state index in [1.54, 1.807) is 7.05 Å². The smallest absolute Gasteiger partial charge is 0.323 e. The summed E-state index contributed by atoms with van der Waals surface area (Å²) in [5.74, 6) is 0.548. The molecule has 18 heavy (non-hydrogen) atoms. The second-order valence-corrected chi connectivity index (χ2v) is 4.25. The Labute approximate surface area is 114 Å². The van der Waals surface area contributed by atoms with Gasteiger partial charge in [-0.2, -0.15) is 0 Å². The maximum Gasteiger partial charge on any atom is 0.323 e. The van der Waals surface area contributed by atoms with E-state index in [0.29, 0.717) is 0 Å². The van der Waals surface area contributed by atoms with E-state index in [1.165, 1.54) is 10.6 Å². The molecule has 0 fully saturated rings. The van der Waals surface area contributed by atoms with Crippen molar-refractivity contribution in [2.45, 2.75) is 0 Å². The van der Waals surface area contributed by atoms with Crippen molar-refractivity contribution in [3.8, 4) is 12.3 Å². The van der Waals surface area contributed by atoms with Gasteiger partial charge >= 0.3 is 5.97 Å². The van der Waals surface area contributed by atoms with Gasteiger partial charge in [0.15, 0.2) is 0 Å². The van der Waals surface area contributed by atoms with E-state index in [9.17, 15) is 9.59 Å². The van der Waals surface area contributed by atoms with Crippen molar-refractivity contribution in [1.82, 2.24) is 9.47 Å². The number of rotatable bonds is 4. The first-order valence-corrected chi connectivity index (χ1v) is 5.59. The lowest BCUT2D eigenvalue weighted by Gasteiger charge is -2.18. The van der Waals surface area contributed by atoms with Crippen LogP contribution in [0, 0.1) is 12.3 Å². The number of nitrogens with zero attached hydrogens (tertiary/aromatic N) is 2. The molecule has 1 N–H and O–H groups in total. The molecule has 0 spiro atoms. The van der Waals surface area contributed by atoms with E-state index >= 15 is 0 Å². The molecular formula is C11H10Cl2N2O3. The minimum absolute atomic E-state index is 0.106. The van der Waals surface area contributed by atoms with Gasteiger partial charge in [0.1, 0.15) is 17.4 Å². The average molecular weight is 289 g/mol. The van der Waals surface area contributed by atoms with Crippen molar-refractivity contribution in [1.29, 1.82) is 0 Å². The predicted molar refractivity (Wildman–Crippen MR) is 67.8 cm³/mol. The maximum atomic E-state index is 12.1. The van der Waals surface area contributed by atoms with Crippen molar-refractivity contribution < 1.29 is 14.7 Å². The lowest BCUT2D eigenvalue weighted by molar-refractivity contribution is -0.137. The second kappa shape index (κ2) is 5.80. The van der Waals surface area contributed by atoms with Crippen molar-refractivity contribution in [2.75, 3.05) is 13.1 Å². The zero-order valence-corrected chi connectivity index (χ0v) is 11.0. The fourth-order valence-electron chi connectivity index (χ4n) is 1.38. The van der Waals surface area contributed by atoms with Gasteiger partial charge < -0.3 is 14.6 Å². The summed E-state index contributed by atoms with van der Waals surface area (Å²) in [5.41, 5.74) is 0.182. The summed E-state index contributed by atoms with van der Waals surface area (Å²) in [6.07, 6.45) is 5.10. The quantitative estimate of drug-likeness (QED) is 0.854. The molecule has 1 heterocycles. The summed E-state index contributed by atoms with van der Waals surface area (Å²) in [6.45, 7) is -0.588. The van der Waals surface area contributed by atoms with Crippen LogP contribution in [0.1, 0.15) is 10.5 Å². The Morgan fingerprint density at radius 3 is 2.56 bits per heavy atom. The van der Waals surface area contributed by atoms with Crippen LogP contribution in [0.3, 0.4) is 0 Å². The zero-order chi connectivity index (χ0) is 13.9. The number of carboxylic acid groups (broad SMARTS) is 1. The molecular weight excluding hydrogens is 279 g/mol. The highest BCUT2D eigenvalue weighted by atomic mass is 35.5. The number of carbonyl (C=O) groups excluding carboxylic acids is 1. The number of terminal acetylenes is 1. The van der Waals surface area contributed by atoms with Gasteiger partial charge in [-0.1, -0.05) is 29.1 Å². The Morgan fingerprint density at radius 2 is 2.17 bits per heavy atom. The van der Waals surface area contributed by atoms with Gasteiger partial charge in [0.25, 0.3) is 5.91 Å². The first-order chi connectivity index (χ1) is 8.38. The normalized spacial score (nSPS) is 9.89. The van der Waals surface area contributed by atoms with Gasteiger partial charge in [-0.05, 0) is 6.07 Å². The van der Waals surface area contributed by atoms with Gasteiger partial charge in [-0.3, -0.25) is 9.59 Å². The lowest BCUT2D eigenvalue weighted by Crippen LogP contribution is -2.36. The van der Waals surface area contributed by atoms with Gasteiger partial charge in [0.2, 0.25) is 0 Å². The first-order valence-electron chi connectivity index (χ1n) is 4.83. The Balaban J connectivity index is 3.06. The monoisotopic (exact) mass is 288 g/mol. The summed E-state index contributed by atoms with van der Waals surface area (Å²) in [7, 11) is 1.55. The molecule has 1 rings (SSSR count). The number of hydrogen-bond donors (Lipinski definition) is 1. The zero-order valence-electron chi connectivity index (χ0n) is 9.48. The predicted octanol–water partition coefficient (Wildman–Crippen LogP) is 1.49. The third kappa shape index (κ3) is 2.97. The number of aliphatic carboxylic acids is 1. The highest BCUT2D eigenvalue weighted by Gasteiger charge is 2.22. The summed E-state index contributed by atoms with van der Waals surface area (Å²) in [4.78, 5) is 23.8. The fraction of sp³-hybridized carbons (Fsp3) is 0.273. The molecule has 96 valence electrons. The average Bonchev–Trinajstić information content (AvgIpc) is 2.55. The fourth-order valence-corrected chi connectivity index (χ4v) is 1.76. The molecule has 1 aromatic heterocycles. The third-order valence-corrected chi connectivity index (χ3v) is 3.07. The van der Waals surface area contributed by atoms with Crippen LogP contribution in [-0.2, 0) is 11.8 Å². The molecule has 0 bridgehead atoms. The van der Waals surface area contributed by atoms with Gasteiger partial charge in [0.05, 0.1) is 11.6 Å². The van der Waals surface area contributed by atoms with Gasteiger partial charge in [-0.25, -0.2) is 0 Å². The first kappa shape index (κ1) is 14.4. The van der Waals surface area contributed by atoms with Crippen LogP contribution in [0.5, 0.6) is 0 Å². The number of carboxylic acids is 1. The standard InChI is InChI=1S/C11H10Cl2N2O3/c1-3-4-15(6-9(16)17)11(18)8-5-7(12)10(13)14(8)2/h1,5H,4,6H2,2H3,(H,16,17). The summed E-state index contributed by atoms with van der Waals surface area (Å²) >= 11 is 11.6. The minimum Gasteiger partial charge on any atom is -0.480 e. The molecule has 0 aromatic carbocycles. The van der Waals surface area contributed by atoms with Crippen LogP contribution < -0.4 is 0 Å². The van der Waals surface area contributed by atoms with E-state index in [2.05, 4.69) is 5.92 Å². The number of amides is 1. The number of aromatic nitrogens is 1. The maximum absolute atomic E-state index is 12.1. The van der Waals surface area contributed by atoms with Crippen LogP contribution in [-0.4, -0.2) is 39.5 Å². The molecule has 0 saturated carbocycles. The highest BCUT2D eigenvalue weighted by Crippen LogP contribution is 2.25. The third-order valence-electron chi connectivity index (χ3n) is 2.23. The van der Waals surface area contributed by atoms with E-state index in [1.807, 2.05) is 0 Å². The molecule has 0 atom stereocenters. The highest BCUT2D eigenvalue weighted by molar-refractivity contribution is 6.41. The van der Waals surface area contributed by atoms with E-state index < -0.39 is 18.4 Å². The van der Waals surface area contributed by atoms with E-state index in [0.717, 1.165) is 4.90 Å². The minimum atomic E-state index is -1.15. The molecule has 0 aliphatic rings. The second-order valence-electron chi connectivity index (χ2n) is 3.49. The molecule has 0 aliphatic carbocycles. The van der Waals surface area contributed by atoms with Crippen LogP contribution in [0.25, 0.3) is 0 Å². The van der Waals surface area contributed by atoms with Crippen molar-refractivity contribution in [3.05, 3.63) is 21.9 Å². The molecule has 1 amide bonds. The molecule has 0 aliphatic heterocycles. The molecule has 0 unspecified atom stereocenters. The topological polar surface area (TPSA) is 62.5 Å². The molecule has 1 aromatic rings. The van der Waals surface area contributed by atoms with Gasteiger partial charge in [0, 0.05) is 7.05 Å². The van der Waals surface area contributed by atoms with Crippen molar-refractivity contribution >= 4 is 35.1 Å². The van der Waals surface area contributed by atoms with Crippen LogP contribution in [0.15, 0.2) is 6.07 Å². The molecule has 0 radical (unpaired) electrons. The van der Waals surface area contributed by atoms with Crippen LogP contribution in [0.2, 0.25) is 10.2 Å². The number of hydrogen-bond acceptors (Lipinski definition) is 2. The lowest BCUT2D eigenvalue weighted by atomic mass is 10.3. The Hall–Kier alpha value is -1.64. The molecule has 0 saturated heterocycles. The Morgan fingerprint density at radius 1 is 1.56 bits per heavy atom. The van der Waals surface area contributed by atoms with Crippen LogP contribution >= 0.6 is 23.2 Å². The van der Waals surface area contributed by atoms with Crippen molar-refractivity contribution in [2.24, 2.45) is 7.05 Å². The molecule has 5 nitrogen and oxygen atoms in total. The summed E-state index contributed by atoms with van der Waals surface area (Å²) < 4.78 is 1.37. The Bertz CT molecular complexity index is 531.